The van der Waals surface area contributed by atoms with Gasteiger partial charge in [0.25, 0.3) is 0 Å². The second-order valence-corrected chi connectivity index (χ2v) is 7.93. The molecule has 164 valence electrons. The highest BCUT2D eigenvalue weighted by Gasteiger charge is 2.40. The number of rotatable bonds is 8. The minimum absolute atomic E-state index is 0.0187. The van der Waals surface area contributed by atoms with Crippen LogP contribution in [-0.4, -0.2) is 36.2 Å². The molecule has 31 heavy (non-hydrogen) atoms. The summed E-state index contributed by atoms with van der Waals surface area (Å²) in [6, 6.07) is 14.2. The number of anilines is 1. The Kier molecular flexibility index (Phi) is 7.45. The van der Waals surface area contributed by atoms with Crippen molar-refractivity contribution in [2.24, 2.45) is 5.92 Å². The van der Waals surface area contributed by atoms with Crippen LogP contribution < -0.4 is 10.1 Å². The number of benzene rings is 2. The second kappa shape index (κ2) is 10.2. The first kappa shape index (κ1) is 22.5. The average Bonchev–Trinajstić information content (AvgIpc) is 2.78. The third-order valence-corrected chi connectivity index (χ3v) is 5.81. The molecule has 0 bridgehead atoms. The maximum atomic E-state index is 13.3. The van der Waals surface area contributed by atoms with Gasteiger partial charge in [0.15, 0.2) is 5.78 Å². The highest BCUT2D eigenvalue weighted by molar-refractivity contribution is 5.97. The van der Waals surface area contributed by atoms with Crippen molar-refractivity contribution in [2.45, 2.75) is 45.6 Å². The van der Waals surface area contributed by atoms with Gasteiger partial charge >= 0.3 is 0 Å². The molecule has 2 aromatic carbocycles. The smallest absolute Gasteiger partial charge is 0.229 e. The Balaban J connectivity index is 1.87. The summed E-state index contributed by atoms with van der Waals surface area (Å²) in [6.07, 6.45) is 2.71. The summed E-state index contributed by atoms with van der Waals surface area (Å²) in [5.74, 6) is 0.317. The number of methoxy groups -OCH3 is 1. The Labute approximate surface area is 183 Å². The molecule has 0 unspecified atom stereocenters. The number of ether oxygens (including phenoxy) is 1. The number of carbonyl (C=O) groups excluding carboxylic acids is 3. The summed E-state index contributed by atoms with van der Waals surface area (Å²) >= 11 is 0. The average molecular weight is 423 g/mol. The molecule has 1 aliphatic heterocycles. The van der Waals surface area contributed by atoms with Crippen LogP contribution in [0.25, 0.3) is 0 Å². The molecule has 0 saturated carbocycles. The first-order valence-electron chi connectivity index (χ1n) is 10.8. The van der Waals surface area contributed by atoms with Gasteiger partial charge in [0.2, 0.25) is 11.8 Å². The van der Waals surface area contributed by atoms with Crippen LogP contribution in [0.2, 0.25) is 0 Å². The molecule has 0 aromatic heterocycles. The number of likely N-dealkylation sites (tertiary alicyclic amines) is 1. The van der Waals surface area contributed by atoms with Crippen molar-refractivity contribution < 1.29 is 19.1 Å². The van der Waals surface area contributed by atoms with E-state index in [0.717, 1.165) is 24.2 Å². The fraction of sp³-hybridized carbons (Fsp3) is 0.400. The predicted molar refractivity (Wildman–Crippen MR) is 120 cm³/mol. The largest absolute Gasteiger partial charge is 0.497 e. The molecule has 6 nitrogen and oxygen atoms in total. The molecule has 0 spiro atoms. The maximum Gasteiger partial charge on any atom is 0.229 e. The fourth-order valence-electron chi connectivity index (χ4n) is 4.06. The predicted octanol–water partition coefficient (Wildman–Crippen LogP) is 4.62. The Hall–Kier alpha value is -3.15. The second-order valence-electron chi connectivity index (χ2n) is 7.93. The zero-order valence-electron chi connectivity index (χ0n) is 18.4. The monoisotopic (exact) mass is 422 g/mol. The molecule has 2 aromatic rings. The van der Waals surface area contributed by atoms with Gasteiger partial charge in [-0.2, -0.15) is 0 Å². The quantitative estimate of drug-likeness (QED) is 0.630. The lowest BCUT2D eigenvalue weighted by Crippen LogP contribution is -2.47. The van der Waals surface area contributed by atoms with Gasteiger partial charge in [0, 0.05) is 24.2 Å². The lowest BCUT2D eigenvalue weighted by molar-refractivity contribution is -0.142. The standard InChI is InChI=1S/C25H30N2O4/c1-4-5-16-27-23(29)15-14-22(24(27)19-8-12-21(31-3)13-9-19)25(30)26-20-10-6-18(7-11-20)17(2)28/h6-13,22,24H,4-5,14-16H2,1-3H3,(H,26,30)/t22-,24-/m1/s1. The number of nitrogens with one attached hydrogen (secondary N) is 1. The molecule has 0 radical (unpaired) electrons. The third kappa shape index (κ3) is 5.32. The lowest BCUT2D eigenvalue weighted by atomic mass is 9.83. The summed E-state index contributed by atoms with van der Waals surface area (Å²) in [6.45, 7) is 4.23. The van der Waals surface area contributed by atoms with Crippen molar-refractivity contribution in [3.05, 3.63) is 59.7 Å². The molecular formula is C25H30N2O4. The zero-order chi connectivity index (χ0) is 22.4. The Morgan fingerprint density at radius 2 is 1.77 bits per heavy atom. The molecule has 1 heterocycles. The number of hydrogen-bond donors (Lipinski definition) is 1. The Morgan fingerprint density at radius 3 is 2.35 bits per heavy atom. The van der Waals surface area contributed by atoms with Gasteiger partial charge in [-0.25, -0.2) is 0 Å². The minimum Gasteiger partial charge on any atom is -0.497 e. The van der Waals surface area contributed by atoms with Crippen molar-refractivity contribution in [2.75, 3.05) is 19.0 Å². The van der Waals surface area contributed by atoms with Crippen LogP contribution in [0.5, 0.6) is 5.75 Å². The van der Waals surface area contributed by atoms with Crippen LogP contribution in [0.4, 0.5) is 5.69 Å². The molecule has 1 aliphatic rings. The number of piperidine rings is 1. The highest BCUT2D eigenvalue weighted by Crippen LogP contribution is 2.38. The number of amides is 2. The summed E-state index contributed by atoms with van der Waals surface area (Å²) in [5, 5.41) is 2.98. The molecule has 1 fully saturated rings. The molecule has 1 saturated heterocycles. The van der Waals surface area contributed by atoms with Gasteiger partial charge in [-0.1, -0.05) is 25.5 Å². The molecule has 1 N–H and O–H groups in total. The first-order chi connectivity index (χ1) is 14.9. The molecule has 3 rings (SSSR count). The van der Waals surface area contributed by atoms with Gasteiger partial charge < -0.3 is 15.0 Å². The molecule has 0 aliphatic carbocycles. The van der Waals surface area contributed by atoms with Crippen molar-refractivity contribution in [3.8, 4) is 5.75 Å². The maximum absolute atomic E-state index is 13.3. The zero-order valence-corrected chi connectivity index (χ0v) is 18.4. The van der Waals surface area contributed by atoms with Crippen molar-refractivity contribution in [1.82, 2.24) is 4.90 Å². The number of unbranched alkanes of at least 4 members (excludes halogenated alkanes) is 1. The van der Waals surface area contributed by atoms with Crippen LogP contribution >= 0.6 is 0 Å². The van der Waals surface area contributed by atoms with Gasteiger partial charge in [0.1, 0.15) is 5.75 Å². The number of carbonyl (C=O) groups is 3. The number of Topliss-reactive ketones (excluding diaryl/α,β-unsaturated/α-hetero) is 1. The van der Waals surface area contributed by atoms with Crippen molar-refractivity contribution >= 4 is 23.3 Å². The SMILES string of the molecule is CCCCN1C(=O)CC[C@@H](C(=O)Nc2ccc(C(C)=O)cc2)[C@H]1c1ccc(OC)cc1. The normalized spacial score (nSPS) is 18.5. The molecule has 2 atom stereocenters. The molecule has 2 amide bonds. The van der Waals surface area contributed by atoms with Gasteiger partial charge in [0.05, 0.1) is 19.1 Å². The van der Waals surface area contributed by atoms with E-state index >= 15 is 0 Å². The van der Waals surface area contributed by atoms with E-state index in [2.05, 4.69) is 12.2 Å². The Bertz CT molecular complexity index is 922. The van der Waals surface area contributed by atoms with Crippen LogP contribution in [0.15, 0.2) is 48.5 Å². The van der Waals surface area contributed by atoms with E-state index in [1.165, 1.54) is 6.92 Å². The van der Waals surface area contributed by atoms with Crippen molar-refractivity contribution in [3.63, 3.8) is 0 Å². The summed E-state index contributed by atoms with van der Waals surface area (Å²) in [5.41, 5.74) is 2.17. The van der Waals surface area contributed by atoms with Crippen molar-refractivity contribution in [1.29, 1.82) is 0 Å². The van der Waals surface area contributed by atoms with Crippen LogP contribution in [0, 0.1) is 5.92 Å². The van der Waals surface area contributed by atoms with Crippen LogP contribution in [0.1, 0.15) is 61.5 Å². The third-order valence-electron chi connectivity index (χ3n) is 5.81. The molecular weight excluding hydrogens is 392 g/mol. The number of nitrogens with zero attached hydrogens (tertiary/aromatic N) is 1. The van der Waals surface area contributed by atoms with Crippen LogP contribution in [-0.2, 0) is 9.59 Å². The summed E-state index contributed by atoms with van der Waals surface area (Å²) in [7, 11) is 1.61. The van der Waals surface area contributed by atoms with Gasteiger partial charge in [-0.05, 0) is 61.7 Å². The van der Waals surface area contributed by atoms with E-state index in [1.54, 1.807) is 31.4 Å². The number of hydrogen-bond acceptors (Lipinski definition) is 4. The van der Waals surface area contributed by atoms with Gasteiger partial charge in [-0.15, -0.1) is 0 Å². The van der Waals surface area contributed by atoms with Gasteiger partial charge in [-0.3, -0.25) is 14.4 Å². The van der Waals surface area contributed by atoms with E-state index < -0.39 is 0 Å². The first-order valence-corrected chi connectivity index (χ1v) is 10.8. The lowest BCUT2D eigenvalue weighted by Gasteiger charge is -2.41. The minimum atomic E-state index is -0.365. The van der Waals surface area contributed by atoms with E-state index in [1.807, 2.05) is 29.2 Å². The van der Waals surface area contributed by atoms with E-state index in [-0.39, 0.29) is 29.6 Å². The number of ketones is 1. The highest BCUT2D eigenvalue weighted by atomic mass is 16.5. The van der Waals surface area contributed by atoms with Crippen LogP contribution in [0.3, 0.4) is 0 Å². The topological polar surface area (TPSA) is 75.7 Å². The Morgan fingerprint density at radius 1 is 1.10 bits per heavy atom. The van der Waals surface area contributed by atoms with E-state index in [0.29, 0.717) is 30.6 Å². The van der Waals surface area contributed by atoms with E-state index in [9.17, 15) is 14.4 Å². The summed E-state index contributed by atoms with van der Waals surface area (Å²) in [4.78, 5) is 39.4. The summed E-state index contributed by atoms with van der Waals surface area (Å²) < 4.78 is 5.27. The molecule has 6 heteroatoms. The fourth-order valence-corrected chi connectivity index (χ4v) is 4.06. The van der Waals surface area contributed by atoms with E-state index in [4.69, 9.17) is 4.74 Å².